The Morgan fingerprint density at radius 1 is 1.10 bits per heavy atom. The van der Waals surface area contributed by atoms with Gasteiger partial charge in [0.1, 0.15) is 23.1 Å². The fourth-order valence-corrected chi connectivity index (χ4v) is 2.86. The molecule has 0 amide bonds. The van der Waals surface area contributed by atoms with Crippen molar-refractivity contribution in [3.63, 3.8) is 0 Å². The molecule has 0 saturated carbocycles. The summed E-state index contributed by atoms with van der Waals surface area (Å²) >= 11 is 0. The van der Waals surface area contributed by atoms with Crippen molar-refractivity contribution >= 4 is 6.29 Å². The van der Waals surface area contributed by atoms with E-state index in [9.17, 15) is 18.0 Å². The second-order valence-corrected chi connectivity index (χ2v) is 6.85. The van der Waals surface area contributed by atoms with E-state index in [1.54, 1.807) is 18.3 Å². The van der Waals surface area contributed by atoms with Crippen LogP contribution in [0.3, 0.4) is 0 Å². The molecule has 158 valence electrons. The zero-order valence-electron chi connectivity index (χ0n) is 16.6. The number of nitrogens with zero attached hydrogens (tertiary/aromatic N) is 3. The number of carbonyl (C=O) groups excluding carboxylic acids is 1. The van der Waals surface area contributed by atoms with E-state index in [1.165, 1.54) is 6.07 Å². The smallest absolute Gasteiger partial charge is 0.456 e. The predicted molar refractivity (Wildman–Crippen MR) is 105 cm³/mol. The van der Waals surface area contributed by atoms with Gasteiger partial charge in [-0.3, -0.25) is 4.79 Å². The molecule has 2 aromatic carbocycles. The Labute approximate surface area is 171 Å². The highest BCUT2D eigenvalue weighted by molar-refractivity contribution is 5.80. The van der Waals surface area contributed by atoms with E-state index in [0.717, 1.165) is 29.2 Å². The lowest BCUT2D eigenvalue weighted by Gasteiger charge is -2.13. The molecule has 6 nitrogen and oxygen atoms in total. The lowest BCUT2D eigenvalue weighted by Crippen LogP contribution is -2.17. The third-order valence-corrected chi connectivity index (χ3v) is 4.27. The molecular formula is C21H20F3N3O3. The van der Waals surface area contributed by atoms with Crippen molar-refractivity contribution in [2.24, 2.45) is 7.05 Å². The van der Waals surface area contributed by atoms with Crippen LogP contribution in [0.2, 0.25) is 0 Å². The van der Waals surface area contributed by atoms with Gasteiger partial charge in [0.2, 0.25) is 0 Å². The number of ether oxygens (including phenoxy) is 2. The van der Waals surface area contributed by atoms with Crippen LogP contribution in [0.25, 0.3) is 11.3 Å². The Balaban J connectivity index is 1.82. The minimum atomic E-state index is -4.84. The lowest BCUT2D eigenvalue weighted by molar-refractivity contribution is -0.274. The number of rotatable bonds is 7. The van der Waals surface area contributed by atoms with E-state index in [4.69, 9.17) is 4.74 Å². The molecular weight excluding hydrogens is 399 g/mol. The molecule has 0 fully saturated rings. The molecule has 0 spiro atoms. The van der Waals surface area contributed by atoms with Crippen molar-refractivity contribution < 1.29 is 27.4 Å². The molecule has 0 aliphatic heterocycles. The third-order valence-electron chi connectivity index (χ3n) is 4.27. The summed E-state index contributed by atoms with van der Waals surface area (Å²) in [4.78, 5) is 17.7. The number of halogens is 3. The first kappa shape index (κ1) is 21.4. The van der Waals surface area contributed by atoms with Gasteiger partial charge >= 0.3 is 6.36 Å². The summed E-state index contributed by atoms with van der Waals surface area (Å²) in [5.74, 6) is 0.769. The average Bonchev–Trinajstić information content (AvgIpc) is 3.01. The SMILES string of the molecule is CN(C)Cc1ncc(-c2ccc(Oc3cc(OC(F)(F)F)ccc3C=O)cc2)n1C. The van der Waals surface area contributed by atoms with E-state index in [-0.39, 0.29) is 11.3 Å². The van der Waals surface area contributed by atoms with Gasteiger partial charge in [-0.1, -0.05) is 0 Å². The van der Waals surface area contributed by atoms with E-state index in [1.807, 2.05) is 42.7 Å². The maximum atomic E-state index is 12.4. The lowest BCUT2D eigenvalue weighted by atomic mass is 10.1. The molecule has 0 unspecified atom stereocenters. The van der Waals surface area contributed by atoms with Crippen LogP contribution in [0.1, 0.15) is 16.2 Å². The van der Waals surface area contributed by atoms with Crippen molar-refractivity contribution in [1.29, 1.82) is 0 Å². The second-order valence-electron chi connectivity index (χ2n) is 6.85. The first-order valence-corrected chi connectivity index (χ1v) is 8.95. The van der Waals surface area contributed by atoms with Crippen molar-refractivity contribution in [2.75, 3.05) is 14.1 Å². The summed E-state index contributed by atoms with van der Waals surface area (Å²) in [5.41, 5.74) is 1.91. The molecule has 3 rings (SSSR count). The Hall–Kier alpha value is -3.33. The Kier molecular flexibility index (Phi) is 6.12. The van der Waals surface area contributed by atoms with Crippen LogP contribution in [0.15, 0.2) is 48.7 Å². The molecule has 0 aliphatic carbocycles. The van der Waals surface area contributed by atoms with Gasteiger partial charge in [0, 0.05) is 18.7 Å². The maximum absolute atomic E-state index is 12.4. The number of alkyl halides is 3. The van der Waals surface area contributed by atoms with Crippen molar-refractivity contribution in [1.82, 2.24) is 14.5 Å². The Morgan fingerprint density at radius 2 is 1.77 bits per heavy atom. The largest absolute Gasteiger partial charge is 0.573 e. The molecule has 0 N–H and O–H groups in total. The number of aldehydes is 1. The van der Waals surface area contributed by atoms with Gasteiger partial charge in [-0.2, -0.15) is 0 Å². The average molecular weight is 419 g/mol. The molecule has 30 heavy (non-hydrogen) atoms. The normalized spacial score (nSPS) is 11.6. The zero-order valence-corrected chi connectivity index (χ0v) is 16.6. The molecule has 3 aromatic rings. The van der Waals surface area contributed by atoms with Gasteiger partial charge in [0.25, 0.3) is 0 Å². The van der Waals surface area contributed by atoms with E-state index < -0.39 is 12.1 Å². The van der Waals surface area contributed by atoms with Crippen LogP contribution in [0.4, 0.5) is 13.2 Å². The van der Waals surface area contributed by atoms with Gasteiger partial charge < -0.3 is 18.9 Å². The molecule has 0 radical (unpaired) electrons. The highest BCUT2D eigenvalue weighted by Gasteiger charge is 2.31. The second kappa shape index (κ2) is 8.58. The summed E-state index contributed by atoms with van der Waals surface area (Å²) < 4.78 is 48.9. The van der Waals surface area contributed by atoms with Crippen molar-refractivity contribution in [3.05, 3.63) is 60.0 Å². The summed E-state index contributed by atoms with van der Waals surface area (Å²) in [6.45, 7) is 0.697. The Morgan fingerprint density at radius 3 is 2.37 bits per heavy atom. The van der Waals surface area contributed by atoms with Crippen LogP contribution in [0, 0.1) is 0 Å². The van der Waals surface area contributed by atoms with Gasteiger partial charge in [-0.25, -0.2) is 4.98 Å². The summed E-state index contributed by atoms with van der Waals surface area (Å²) in [6, 6.07) is 10.2. The monoisotopic (exact) mass is 419 g/mol. The molecule has 0 atom stereocenters. The fraction of sp³-hybridized carbons (Fsp3) is 0.238. The van der Waals surface area contributed by atoms with Crippen LogP contribution >= 0.6 is 0 Å². The fourth-order valence-electron chi connectivity index (χ4n) is 2.86. The molecule has 0 saturated heterocycles. The maximum Gasteiger partial charge on any atom is 0.573 e. The first-order valence-electron chi connectivity index (χ1n) is 8.95. The summed E-state index contributed by atoms with van der Waals surface area (Å²) in [5, 5.41) is 0. The topological polar surface area (TPSA) is 56.6 Å². The zero-order chi connectivity index (χ0) is 21.9. The van der Waals surface area contributed by atoms with Crippen molar-refractivity contribution in [2.45, 2.75) is 12.9 Å². The van der Waals surface area contributed by atoms with Gasteiger partial charge in [0.05, 0.1) is 24.0 Å². The molecule has 1 aromatic heterocycles. The van der Waals surface area contributed by atoms with Gasteiger partial charge in [0.15, 0.2) is 6.29 Å². The molecule has 1 heterocycles. The minimum Gasteiger partial charge on any atom is -0.456 e. The highest BCUT2D eigenvalue weighted by Crippen LogP contribution is 2.32. The molecule has 0 bridgehead atoms. The summed E-state index contributed by atoms with van der Waals surface area (Å²) in [6.07, 6.45) is -2.56. The number of benzene rings is 2. The predicted octanol–water partition coefficient (Wildman–Crippen LogP) is 4.65. The third kappa shape index (κ3) is 5.18. The van der Waals surface area contributed by atoms with E-state index in [0.29, 0.717) is 18.6 Å². The van der Waals surface area contributed by atoms with Crippen LogP contribution in [-0.4, -0.2) is 41.2 Å². The highest BCUT2D eigenvalue weighted by atomic mass is 19.4. The van der Waals surface area contributed by atoms with Crippen LogP contribution in [-0.2, 0) is 13.6 Å². The molecule has 0 aliphatic rings. The minimum absolute atomic E-state index is 0.0340. The number of imidazole rings is 1. The van der Waals surface area contributed by atoms with Gasteiger partial charge in [-0.05, 0) is 50.5 Å². The van der Waals surface area contributed by atoms with E-state index in [2.05, 4.69) is 9.72 Å². The van der Waals surface area contributed by atoms with E-state index >= 15 is 0 Å². The van der Waals surface area contributed by atoms with Gasteiger partial charge in [-0.15, -0.1) is 13.2 Å². The first-order chi connectivity index (χ1) is 14.2. The Bertz CT molecular complexity index is 1030. The standard InChI is InChI=1S/C21H20F3N3O3/c1-26(2)12-20-25-11-18(27(20)3)14-4-7-16(8-5-14)29-19-10-17(30-21(22,23)24)9-6-15(19)13-28/h4-11,13H,12H2,1-3H3. The van der Waals surface area contributed by atoms with Crippen LogP contribution < -0.4 is 9.47 Å². The van der Waals surface area contributed by atoms with Crippen molar-refractivity contribution in [3.8, 4) is 28.5 Å². The number of hydrogen-bond acceptors (Lipinski definition) is 5. The summed E-state index contributed by atoms with van der Waals surface area (Å²) in [7, 11) is 5.85. The number of hydrogen-bond donors (Lipinski definition) is 0. The quantitative estimate of drug-likeness (QED) is 0.522. The molecule has 9 heteroatoms. The van der Waals surface area contributed by atoms with Crippen LogP contribution in [0.5, 0.6) is 17.2 Å². The number of carbonyl (C=O) groups is 1. The number of aromatic nitrogens is 2.